The molecule has 1 aliphatic heterocycles. The number of piperidine rings is 1. The molecule has 0 radical (unpaired) electrons. The van der Waals surface area contributed by atoms with Crippen LogP contribution in [0.4, 0.5) is 0 Å². The van der Waals surface area contributed by atoms with E-state index in [1.165, 1.54) is 13.0 Å². The molecular formula is C10H18N2O. The van der Waals surface area contributed by atoms with Crippen LogP contribution < -0.4 is 5.32 Å². The number of rotatable bonds is 2. The first-order chi connectivity index (χ1) is 6.25. The number of nitrogens with one attached hydrogen (secondary N) is 1. The molecule has 0 aromatic heterocycles. The van der Waals surface area contributed by atoms with Gasteiger partial charge < -0.3 is 10.2 Å². The summed E-state index contributed by atoms with van der Waals surface area (Å²) in [6.45, 7) is 2.20. The monoisotopic (exact) mass is 182 g/mol. The maximum Gasteiger partial charge on any atom is 0.223 e. The van der Waals surface area contributed by atoms with E-state index in [0.717, 1.165) is 25.8 Å². The second kappa shape index (κ2) is 3.66. The minimum atomic E-state index is 0.292. The fourth-order valence-electron chi connectivity index (χ4n) is 1.95. The van der Waals surface area contributed by atoms with Crippen LogP contribution in [0.15, 0.2) is 0 Å². The molecule has 3 nitrogen and oxygen atoms in total. The summed E-state index contributed by atoms with van der Waals surface area (Å²) in [4.78, 5) is 13.7. The first kappa shape index (κ1) is 9.00. The number of likely N-dealkylation sites (tertiary alicyclic amines) is 1. The van der Waals surface area contributed by atoms with E-state index in [9.17, 15) is 4.79 Å². The summed E-state index contributed by atoms with van der Waals surface area (Å²) in [5.74, 6) is 0.646. The van der Waals surface area contributed by atoms with Crippen molar-refractivity contribution < 1.29 is 4.79 Å². The molecule has 1 amide bonds. The number of hydrogen-bond donors (Lipinski definition) is 1. The molecule has 0 bridgehead atoms. The van der Waals surface area contributed by atoms with E-state index in [4.69, 9.17) is 0 Å². The summed E-state index contributed by atoms with van der Waals surface area (Å²) >= 11 is 0. The van der Waals surface area contributed by atoms with Gasteiger partial charge in [-0.05, 0) is 39.3 Å². The smallest absolute Gasteiger partial charge is 0.223 e. The molecule has 74 valence electrons. The third-order valence-corrected chi connectivity index (χ3v) is 2.92. The zero-order valence-electron chi connectivity index (χ0n) is 8.25. The Balaban J connectivity index is 1.76. The number of hydrogen-bond acceptors (Lipinski definition) is 2. The van der Waals surface area contributed by atoms with Crippen molar-refractivity contribution >= 4 is 5.91 Å². The van der Waals surface area contributed by atoms with Gasteiger partial charge in [0.25, 0.3) is 0 Å². The Kier molecular flexibility index (Phi) is 2.54. The van der Waals surface area contributed by atoms with Gasteiger partial charge in [0.2, 0.25) is 5.91 Å². The highest BCUT2D eigenvalue weighted by atomic mass is 16.2. The minimum Gasteiger partial charge on any atom is -0.352 e. The lowest BCUT2D eigenvalue weighted by Gasteiger charge is -2.30. The number of carbonyl (C=O) groups is 1. The van der Waals surface area contributed by atoms with Crippen molar-refractivity contribution in [1.82, 2.24) is 10.2 Å². The Bertz CT molecular complexity index is 201. The summed E-state index contributed by atoms with van der Waals surface area (Å²) in [5, 5.41) is 3.13. The van der Waals surface area contributed by atoms with Gasteiger partial charge in [-0.25, -0.2) is 0 Å². The number of likely N-dealkylation sites (N-methyl/N-ethyl adjacent to an activating group) is 1. The fraction of sp³-hybridized carbons (Fsp3) is 0.900. The molecule has 1 saturated heterocycles. The summed E-state index contributed by atoms with van der Waals surface area (Å²) in [6.07, 6.45) is 4.58. The molecule has 1 atom stereocenters. The Labute approximate surface area is 79.5 Å². The van der Waals surface area contributed by atoms with Gasteiger partial charge in [0, 0.05) is 18.5 Å². The Morgan fingerprint density at radius 2 is 2.15 bits per heavy atom. The molecule has 2 fully saturated rings. The normalized spacial score (nSPS) is 30.1. The lowest BCUT2D eigenvalue weighted by atomic mass is 10.1. The molecule has 0 unspecified atom stereocenters. The van der Waals surface area contributed by atoms with E-state index >= 15 is 0 Å². The van der Waals surface area contributed by atoms with E-state index in [-0.39, 0.29) is 0 Å². The Morgan fingerprint density at radius 1 is 1.38 bits per heavy atom. The average molecular weight is 182 g/mol. The van der Waals surface area contributed by atoms with Crippen LogP contribution in [-0.2, 0) is 4.79 Å². The minimum absolute atomic E-state index is 0.292. The molecule has 1 saturated carbocycles. The number of nitrogens with zero attached hydrogens (tertiary/aromatic N) is 1. The first-order valence-electron chi connectivity index (χ1n) is 5.24. The molecule has 2 rings (SSSR count). The predicted molar refractivity (Wildman–Crippen MR) is 51.4 cm³/mol. The van der Waals surface area contributed by atoms with Crippen molar-refractivity contribution in [3.05, 3.63) is 0 Å². The van der Waals surface area contributed by atoms with Gasteiger partial charge in [-0.1, -0.05) is 0 Å². The average Bonchev–Trinajstić information content (AvgIpc) is 2.85. The second-order valence-corrected chi connectivity index (χ2v) is 4.38. The van der Waals surface area contributed by atoms with Crippen LogP contribution in [0.25, 0.3) is 0 Å². The molecule has 0 aromatic carbocycles. The maximum atomic E-state index is 11.5. The van der Waals surface area contributed by atoms with Gasteiger partial charge in [-0.3, -0.25) is 4.79 Å². The van der Waals surface area contributed by atoms with Gasteiger partial charge in [-0.2, -0.15) is 0 Å². The van der Waals surface area contributed by atoms with Crippen molar-refractivity contribution in [2.45, 2.75) is 31.7 Å². The molecule has 0 aromatic rings. The van der Waals surface area contributed by atoms with E-state index in [1.807, 2.05) is 0 Å². The lowest BCUT2D eigenvalue weighted by Crippen LogP contribution is -2.46. The molecule has 0 spiro atoms. The maximum absolute atomic E-state index is 11.5. The Hall–Kier alpha value is -0.570. The standard InChI is InChI=1S/C10H18N2O/c1-12-6-2-3-9(7-12)11-10(13)8-4-5-8/h8-9H,2-7H2,1H3,(H,11,13)/t9-/m1/s1. The zero-order valence-corrected chi connectivity index (χ0v) is 8.25. The second-order valence-electron chi connectivity index (χ2n) is 4.38. The van der Waals surface area contributed by atoms with Crippen LogP contribution >= 0.6 is 0 Å². The van der Waals surface area contributed by atoms with Crippen LogP contribution in [0, 0.1) is 5.92 Å². The van der Waals surface area contributed by atoms with Gasteiger partial charge in [0.05, 0.1) is 0 Å². The highest BCUT2D eigenvalue weighted by Gasteiger charge is 2.31. The van der Waals surface area contributed by atoms with Gasteiger partial charge >= 0.3 is 0 Å². The topological polar surface area (TPSA) is 32.3 Å². The first-order valence-corrected chi connectivity index (χ1v) is 5.24. The lowest BCUT2D eigenvalue weighted by molar-refractivity contribution is -0.123. The van der Waals surface area contributed by atoms with E-state index in [1.54, 1.807) is 0 Å². The molecule has 2 aliphatic rings. The summed E-state index contributed by atoms with van der Waals surface area (Å²) in [7, 11) is 2.12. The summed E-state index contributed by atoms with van der Waals surface area (Å²) in [5.41, 5.74) is 0. The molecule has 13 heavy (non-hydrogen) atoms. The van der Waals surface area contributed by atoms with E-state index < -0.39 is 0 Å². The highest BCUT2D eigenvalue weighted by molar-refractivity contribution is 5.81. The third-order valence-electron chi connectivity index (χ3n) is 2.92. The molecular weight excluding hydrogens is 164 g/mol. The quantitative estimate of drug-likeness (QED) is 0.678. The number of amides is 1. The van der Waals surface area contributed by atoms with Gasteiger partial charge in [0.15, 0.2) is 0 Å². The number of carbonyl (C=O) groups excluding carboxylic acids is 1. The summed E-state index contributed by atoms with van der Waals surface area (Å²) < 4.78 is 0. The van der Waals surface area contributed by atoms with Crippen LogP contribution in [0.2, 0.25) is 0 Å². The van der Waals surface area contributed by atoms with Crippen molar-refractivity contribution in [3.63, 3.8) is 0 Å². The van der Waals surface area contributed by atoms with E-state index in [0.29, 0.717) is 17.9 Å². The largest absolute Gasteiger partial charge is 0.352 e. The molecule has 1 heterocycles. The SMILES string of the molecule is CN1CCC[C@@H](NC(=O)C2CC2)C1. The van der Waals surface area contributed by atoms with Gasteiger partial charge in [0.1, 0.15) is 0 Å². The predicted octanol–water partition coefficient (Wildman–Crippen LogP) is 0.607. The van der Waals surface area contributed by atoms with Gasteiger partial charge in [-0.15, -0.1) is 0 Å². The van der Waals surface area contributed by atoms with Crippen molar-refractivity contribution in [3.8, 4) is 0 Å². The van der Waals surface area contributed by atoms with Crippen LogP contribution in [-0.4, -0.2) is 37.0 Å². The van der Waals surface area contributed by atoms with Crippen LogP contribution in [0.1, 0.15) is 25.7 Å². The van der Waals surface area contributed by atoms with Crippen molar-refractivity contribution in [2.24, 2.45) is 5.92 Å². The third kappa shape index (κ3) is 2.44. The van der Waals surface area contributed by atoms with Crippen molar-refractivity contribution in [2.75, 3.05) is 20.1 Å². The molecule has 1 N–H and O–H groups in total. The highest BCUT2D eigenvalue weighted by Crippen LogP contribution is 2.29. The van der Waals surface area contributed by atoms with Crippen LogP contribution in [0.5, 0.6) is 0 Å². The Morgan fingerprint density at radius 3 is 2.77 bits per heavy atom. The van der Waals surface area contributed by atoms with Crippen LogP contribution in [0.3, 0.4) is 0 Å². The van der Waals surface area contributed by atoms with E-state index in [2.05, 4.69) is 17.3 Å². The zero-order chi connectivity index (χ0) is 9.26. The molecule has 1 aliphatic carbocycles. The fourth-order valence-corrected chi connectivity index (χ4v) is 1.95. The summed E-state index contributed by atoms with van der Waals surface area (Å²) in [6, 6.07) is 0.409. The molecule has 3 heteroatoms. The van der Waals surface area contributed by atoms with Crippen molar-refractivity contribution in [1.29, 1.82) is 0 Å².